The average molecular weight is 439 g/mol. The van der Waals surface area contributed by atoms with E-state index in [1.54, 1.807) is 0 Å². The van der Waals surface area contributed by atoms with Gasteiger partial charge in [0.2, 0.25) is 0 Å². The first-order valence-corrected chi connectivity index (χ1v) is 11.9. The molecular weight excluding hydrogens is 407 g/mol. The monoisotopic (exact) mass is 438 g/mol. The fourth-order valence-corrected chi connectivity index (χ4v) is 5.62. The van der Waals surface area contributed by atoms with Crippen molar-refractivity contribution in [2.45, 2.75) is 57.4 Å². The van der Waals surface area contributed by atoms with E-state index in [1.165, 1.54) is 37.7 Å². The molecule has 29 heavy (non-hydrogen) atoms. The first kappa shape index (κ1) is 21.3. The predicted molar refractivity (Wildman–Crippen MR) is 118 cm³/mol. The Hall–Kier alpha value is -0.970. The lowest BCUT2D eigenvalue weighted by atomic mass is 9.89. The molecule has 3 aliphatic rings. The molecule has 160 valence electrons. The van der Waals surface area contributed by atoms with Crippen LogP contribution in [-0.4, -0.2) is 54.7 Å². The van der Waals surface area contributed by atoms with Crippen LogP contribution in [0, 0.1) is 11.8 Å². The Kier molecular flexibility index (Phi) is 7.25. The maximum Gasteiger partial charge on any atom is 0.410 e. The minimum Gasteiger partial charge on any atom is -0.449 e. The van der Waals surface area contributed by atoms with Gasteiger partial charge in [0.25, 0.3) is 0 Å². The minimum atomic E-state index is -0.0924. The van der Waals surface area contributed by atoms with E-state index in [-0.39, 0.29) is 6.09 Å². The highest BCUT2D eigenvalue weighted by molar-refractivity contribution is 6.33. The van der Waals surface area contributed by atoms with E-state index in [0.717, 1.165) is 55.5 Å². The number of halogens is 2. The van der Waals surface area contributed by atoms with Gasteiger partial charge >= 0.3 is 6.09 Å². The number of cyclic esters (lactones) is 1. The molecule has 2 aliphatic heterocycles. The summed E-state index contributed by atoms with van der Waals surface area (Å²) in [7, 11) is 0. The number of benzene rings is 1. The summed E-state index contributed by atoms with van der Waals surface area (Å²) in [6, 6.07) is 6.15. The van der Waals surface area contributed by atoms with E-state index in [1.807, 2.05) is 23.1 Å². The Labute approximate surface area is 184 Å². The highest BCUT2D eigenvalue weighted by Gasteiger charge is 2.34. The Morgan fingerprint density at radius 2 is 1.76 bits per heavy atom. The smallest absolute Gasteiger partial charge is 0.410 e. The number of rotatable bonds is 5. The molecule has 6 heteroatoms. The van der Waals surface area contributed by atoms with Crippen molar-refractivity contribution in [1.29, 1.82) is 0 Å². The van der Waals surface area contributed by atoms with Gasteiger partial charge in [-0.2, -0.15) is 0 Å². The highest BCUT2D eigenvalue weighted by Crippen LogP contribution is 2.29. The van der Waals surface area contributed by atoms with Crippen LogP contribution in [0.1, 0.15) is 50.5 Å². The normalized spacial score (nSPS) is 25.2. The summed E-state index contributed by atoms with van der Waals surface area (Å²) in [5, 5.41) is 1.58. The van der Waals surface area contributed by atoms with Crippen LogP contribution in [0.25, 0.3) is 0 Å². The molecule has 2 saturated heterocycles. The molecule has 1 aromatic rings. The van der Waals surface area contributed by atoms with E-state index in [9.17, 15) is 4.79 Å². The van der Waals surface area contributed by atoms with Crippen LogP contribution in [-0.2, 0) is 11.2 Å². The molecule has 1 unspecified atom stereocenters. The Morgan fingerprint density at radius 1 is 1.00 bits per heavy atom. The predicted octanol–water partition coefficient (Wildman–Crippen LogP) is 5.65. The van der Waals surface area contributed by atoms with Crippen molar-refractivity contribution in [2.75, 3.05) is 32.8 Å². The lowest BCUT2D eigenvalue weighted by molar-refractivity contribution is 0.00642. The zero-order chi connectivity index (χ0) is 20.2. The van der Waals surface area contributed by atoms with E-state index in [0.29, 0.717) is 24.5 Å². The fraction of sp³-hybridized carbons (Fsp3) is 0.696. The van der Waals surface area contributed by atoms with Crippen molar-refractivity contribution in [2.24, 2.45) is 11.8 Å². The number of nitrogens with zero attached hydrogens (tertiary/aromatic N) is 2. The molecule has 0 radical (unpaired) electrons. The molecule has 0 bridgehead atoms. The molecule has 0 spiro atoms. The number of hydrogen-bond donors (Lipinski definition) is 0. The van der Waals surface area contributed by atoms with Gasteiger partial charge in [-0.1, -0.05) is 42.5 Å². The molecule has 0 N–H and O–H groups in total. The van der Waals surface area contributed by atoms with Crippen molar-refractivity contribution in [3.8, 4) is 0 Å². The molecule has 3 fully saturated rings. The summed E-state index contributed by atoms with van der Waals surface area (Å²) < 4.78 is 5.56. The van der Waals surface area contributed by atoms with Crippen LogP contribution in [0.15, 0.2) is 18.2 Å². The third-order valence-corrected chi connectivity index (χ3v) is 7.49. The molecule has 1 amide bonds. The lowest BCUT2D eigenvalue weighted by Crippen LogP contribution is -2.52. The topological polar surface area (TPSA) is 32.8 Å². The minimum absolute atomic E-state index is 0.0924. The van der Waals surface area contributed by atoms with Gasteiger partial charge in [0, 0.05) is 35.1 Å². The van der Waals surface area contributed by atoms with Crippen LogP contribution in [0.4, 0.5) is 4.79 Å². The van der Waals surface area contributed by atoms with Crippen LogP contribution >= 0.6 is 23.2 Å². The second kappa shape index (κ2) is 9.89. The molecular formula is C23H32Cl2N2O2. The molecule has 4 rings (SSSR count). The molecule has 4 nitrogen and oxygen atoms in total. The SMILES string of the molecule is O=C1OCC(CN2CCC(Cc3cc(Cl)ccc3Cl)CC2)CN1C1CCCCC1. The highest BCUT2D eigenvalue weighted by atomic mass is 35.5. The summed E-state index contributed by atoms with van der Waals surface area (Å²) in [6.45, 7) is 4.68. The number of ether oxygens (including phenoxy) is 1. The maximum absolute atomic E-state index is 12.3. The Bertz CT molecular complexity index is 700. The summed E-state index contributed by atoms with van der Waals surface area (Å²) in [4.78, 5) is 16.9. The van der Waals surface area contributed by atoms with E-state index in [4.69, 9.17) is 27.9 Å². The van der Waals surface area contributed by atoms with Gasteiger partial charge in [0.15, 0.2) is 0 Å². The quantitative estimate of drug-likeness (QED) is 0.595. The molecule has 1 saturated carbocycles. The number of hydrogen-bond acceptors (Lipinski definition) is 3. The van der Waals surface area contributed by atoms with E-state index >= 15 is 0 Å². The van der Waals surface area contributed by atoms with Gasteiger partial charge < -0.3 is 14.5 Å². The van der Waals surface area contributed by atoms with Gasteiger partial charge in [0.1, 0.15) is 0 Å². The first-order valence-electron chi connectivity index (χ1n) is 11.2. The summed E-state index contributed by atoms with van der Waals surface area (Å²) in [5.41, 5.74) is 1.17. The average Bonchev–Trinajstić information content (AvgIpc) is 2.74. The molecule has 1 aromatic carbocycles. The van der Waals surface area contributed by atoms with Crippen molar-refractivity contribution >= 4 is 29.3 Å². The van der Waals surface area contributed by atoms with Crippen molar-refractivity contribution in [3.63, 3.8) is 0 Å². The zero-order valence-corrected chi connectivity index (χ0v) is 18.6. The third kappa shape index (κ3) is 5.59. The molecule has 2 heterocycles. The van der Waals surface area contributed by atoms with Crippen molar-refractivity contribution in [3.05, 3.63) is 33.8 Å². The van der Waals surface area contributed by atoms with Gasteiger partial charge in [-0.05, 0) is 74.9 Å². The largest absolute Gasteiger partial charge is 0.449 e. The Balaban J connectivity index is 1.25. The number of likely N-dealkylation sites (tertiary alicyclic amines) is 1. The van der Waals surface area contributed by atoms with E-state index in [2.05, 4.69) is 4.90 Å². The van der Waals surface area contributed by atoms with Crippen LogP contribution in [0.2, 0.25) is 10.0 Å². The standard InChI is InChI=1S/C23H32Cl2N2O2/c24-20-6-7-22(25)19(13-20)12-17-8-10-26(11-9-17)14-18-15-27(23(28)29-16-18)21-4-2-1-3-5-21/h6-7,13,17-18,21H,1-5,8-12,14-16H2. The zero-order valence-electron chi connectivity index (χ0n) is 17.1. The molecule has 1 atom stereocenters. The summed E-state index contributed by atoms with van der Waals surface area (Å²) in [5.74, 6) is 1.08. The van der Waals surface area contributed by atoms with Gasteiger partial charge in [-0.15, -0.1) is 0 Å². The maximum atomic E-state index is 12.3. The van der Waals surface area contributed by atoms with Crippen LogP contribution in [0.5, 0.6) is 0 Å². The fourth-order valence-electron chi connectivity index (χ4n) is 5.23. The number of carbonyl (C=O) groups excluding carboxylic acids is 1. The van der Waals surface area contributed by atoms with E-state index < -0.39 is 0 Å². The molecule has 0 aromatic heterocycles. The molecule has 1 aliphatic carbocycles. The van der Waals surface area contributed by atoms with Crippen molar-refractivity contribution in [1.82, 2.24) is 9.80 Å². The second-order valence-corrected chi connectivity index (χ2v) is 9.91. The Morgan fingerprint density at radius 3 is 2.52 bits per heavy atom. The van der Waals surface area contributed by atoms with Crippen LogP contribution in [0.3, 0.4) is 0 Å². The number of piperidine rings is 1. The third-order valence-electron chi connectivity index (χ3n) is 6.89. The van der Waals surface area contributed by atoms with Crippen molar-refractivity contribution < 1.29 is 9.53 Å². The summed E-state index contributed by atoms with van der Waals surface area (Å²) >= 11 is 12.5. The van der Waals surface area contributed by atoms with Gasteiger partial charge in [-0.3, -0.25) is 0 Å². The van der Waals surface area contributed by atoms with Gasteiger partial charge in [-0.25, -0.2) is 4.79 Å². The number of carbonyl (C=O) groups is 1. The first-order chi connectivity index (χ1) is 14.1. The lowest BCUT2D eigenvalue weighted by Gasteiger charge is -2.41. The van der Waals surface area contributed by atoms with Gasteiger partial charge in [0.05, 0.1) is 6.61 Å². The van der Waals surface area contributed by atoms with Crippen LogP contribution < -0.4 is 0 Å². The summed E-state index contributed by atoms with van der Waals surface area (Å²) in [6.07, 6.45) is 9.33. The second-order valence-electron chi connectivity index (χ2n) is 9.07. The number of amides is 1.